The van der Waals surface area contributed by atoms with Crippen molar-refractivity contribution < 1.29 is 18.3 Å². The van der Waals surface area contributed by atoms with Crippen LogP contribution in [0.1, 0.15) is 13.8 Å². The number of carbonyl (C=O) groups excluding carboxylic acids is 1. The molecule has 0 atom stereocenters. The highest BCUT2D eigenvalue weighted by molar-refractivity contribution is 7.99. The van der Waals surface area contributed by atoms with Crippen molar-refractivity contribution in [2.24, 2.45) is 0 Å². The third kappa shape index (κ3) is 4.82. The Morgan fingerprint density at radius 1 is 1.33 bits per heavy atom. The molecule has 24 heavy (non-hydrogen) atoms. The van der Waals surface area contributed by atoms with Gasteiger partial charge in [0, 0.05) is 11.6 Å². The first-order chi connectivity index (χ1) is 11.4. The van der Waals surface area contributed by atoms with E-state index >= 15 is 0 Å². The summed E-state index contributed by atoms with van der Waals surface area (Å²) in [5, 5.41) is 11.0. The molecule has 0 aliphatic heterocycles. The number of nitrogens with one attached hydrogen (secondary N) is 1. The van der Waals surface area contributed by atoms with E-state index in [9.17, 15) is 13.6 Å². The lowest BCUT2D eigenvalue weighted by Gasteiger charge is -2.08. The van der Waals surface area contributed by atoms with E-state index in [-0.39, 0.29) is 23.5 Å². The maximum Gasteiger partial charge on any atom is 0.387 e. The van der Waals surface area contributed by atoms with Crippen LogP contribution in [0.5, 0.6) is 5.75 Å². The summed E-state index contributed by atoms with van der Waals surface area (Å²) >= 11 is 1.15. The summed E-state index contributed by atoms with van der Waals surface area (Å²) in [6.45, 7) is 0.857. The minimum Gasteiger partial charge on any atom is -0.435 e. The number of nitrogen functional groups attached to an aromatic ring is 1. The molecule has 1 heterocycles. The summed E-state index contributed by atoms with van der Waals surface area (Å²) in [5.41, 5.74) is 0.588. The molecule has 10 heteroatoms. The van der Waals surface area contributed by atoms with Crippen LogP contribution in [0.15, 0.2) is 29.4 Å². The molecule has 7 nitrogen and oxygen atoms in total. The standard InChI is InChI=1S/C14H17F2N5O2S/c1-8(2)18-11(22)7-24-14-20-19-12(21(14)17)9-3-5-10(6-4-9)23-13(15)16/h3-6,8,13H,7,17H2,1-2H3,(H,18,22). The number of rotatable bonds is 7. The predicted molar refractivity (Wildman–Crippen MR) is 86.2 cm³/mol. The molecule has 0 radical (unpaired) electrons. The summed E-state index contributed by atoms with van der Waals surface area (Å²) in [6.07, 6.45) is 0. The molecule has 0 saturated carbocycles. The van der Waals surface area contributed by atoms with E-state index < -0.39 is 6.61 Å². The van der Waals surface area contributed by atoms with Crippen LogP contribution in [-0.2, 0) is 4.79 Å². The topological polar surface area (TPSA) is 95.1 Å². The maximum absolute atomic E-state index is 12.1. The van der Waals surface area contributed by atoms with E-state index in [2.05, 4.69) is 20.3 Å². The second-order valence-corrected chi connectivity index (χ2v) is 6.03. The first-order valence-corrected chi connectivity index (χ1v) is 8.03. The van der Waals surface area contributed by atoms with Gasteiger partial charge in [0.05, 0.1) is 5.75 Å². The molecule has 1 amide bonds. The van der Waals surface area contributed by atoms with Crippen LogP contribution in [0.2, 0.25) is 0 Å². The number of ether oxygens (including phenoxy) is 1. The van der Waals surface area contributed by atoms with Gasteiger partial charge in [0.2, 0.25) is 11.1 Å². The number of carbonyl (C=O) groups is 1. The Balaban J connectivity index is 2.05. The smallest absolute Gasteiger partial charge is 0.387 e. The second kappa shape index (κ2) is 7.95. The Labute approximate surface area is 141 Å². The quantitative estimate of drug-likeness (QED) is 0.580. The molecule has 0 saturated heterocycles. The van der Waals surface area contributed by atoms with Crippen LogP contribution in [-0.4, -0.2) is 39.2 Å². The highest BCUT2D eigenvalue weighted by Gasteiger charge is 2.14. The van der Waals surface area contributed by atoms with Gasteiger partial charge in [-0.1, -0.05) is 11.8 Å². The Hall–Kier alpha value is -2.36. The van der Waals surface area contributed by atoms with Crippen LogP contribution >= 0.6 is 11.8 Å². The van der Waals surface area contributed by atoms with Gasteiger partial charge >= 0.3 is 6.61 Å². The van der Waals surface area contributed by atoms with Gasteiger partial charge in [0.15, 0.2) is 5.82 Å². The molecule has 0 unspecified atom stereocenters. The molecule has 0 fully saturated rings. The third-order valence-electron chi connectivity index (χ3n) is 2.78. The number of benzene rings is 1. The van der Waals surface area contributed by atoms with E-state index in [1.54, 1.807) is 12.1 Å². The number of nitrogens with zero attached hydrogens (tertiary/aromatic N) is 3. The molecule has 1 aromatic carbocycles. The van der Waals surface area contributed by atoms with Gasteiger partial charge in [-0.25, -0.2) is 4.68 Å². The maximum atomic E-state index is 12.1. The minimum atomic E-state index is -2.88. The SMILES string of the molecule is CC(C)NC(=O)CSc1nnc(-c2ccc(OC(F)F)cc2)n1N. The van der Waals surface area contributed by atoms with E-state index in [4.69, 9.17) is 5.84 Å². The third-order valence-corrected chi connectivity index (χ3v) is 3.73. The zero-order chi connectivity index (χ0) is 17.7. The molecule has 0 spiro atoms. The summed E-state index contributed by atoms with van der Waals surface area (Å²) in [7, 11) is 0. The molecule has 0 aliphatic rings. The fourth-order valence-corrected chi connectivity index (χ4v) is 2.52. The molecular formula is C14H17F2N5O2S. The Kier molecular flexibility index (Phi) is 5.96. The van der Waals surface area contributed by atoms with Crippen molar-refractivity contribution in [3.8, 4) is 17.1 Å². The molecule has 130 valence electrons. The molecule has 0 bridgehead atoms. The number of aromatic nitrogens is 3. The average molecular weight is 357 g/mol. The van der Waals surface area contributed by atoms with Crippen molar-refractivity contribution in [3.05, 3.63) is 24.3 Å². The van der Waals surface area contributed by atoms with Crippen molar-refractivity contribution >= 4 is 17.7 Å². The number of hydrogen-bond acceptors (Lipinski definition) is 6. The van der Waals surface area contributed by atoms with Crippen molar-refractivity contribution in [2.75, 3.05) is 11.6 Å². The van der Waals surface area contributed by atoms with E-state index in [0.717, 1.165) is 11.8 Å². The fraction of sp³-hybridized carbons (Fsp3) is 0.357. The highest BCUT2D eigenvalue weighted by Crippen LogP contribution is 2.24. The second-order valence-electron chi connectivity index (χ2n) is 5.09. The van der Waals surface area contributed by atoms with Crippen LogP contribution in [0.3, 0.4) is 0 Å². The first kappa shape index (κ1) is 18.0. The van der Waals surface area contributed by atoms with Crippen molar-refractivity contribution in [1.29, 1.82) is 0 Å². The molecular weight excluding hydrogens is 340 g/mol. The van der Waals surface area contributed by atoms with E-state index in [1.165, 1.54) is 16.8 Å². The number of amides is 1. The lowest BCUT2D eigenvalue weighted by atomic mass is 10.2. The number of nitrogens with two attached hydrogens (primary N) is 1. The van der Waals surface area contributed by atoms with Gasteiger partial charge in [0.1, 0.15) is 5.75 Å². The summed E-state index contributed by atoms with van der Waals surface area (Å²) in [5.74, 6) is 6.35. The number of halogens is 2. The van der Waals surface area contributed by atoms with Crippen LogP contribution in [0, 0.1) is 0 Å². The van der Waals surface area contributed by atoms with Crippen LogP contribution in [0.4, 0.5) is 8.78 Å². The normalized spacial score (nSPS) is 11.1. The van der Waals surface area contributed by atoms with Crippen molar-refractivity contribution in [2.45, 2.75) is 31.7 Å². The van der Waals surface area contributed by atoms with Gasteiger partial charge in [-0.3, -0.25) is 4.79 Å². The van der Waals surface area contributed by atoms with Gasteiger partial charge in [0.25, 0.3) is 0 Å². The van der Waals surface area contributed by atoms with E-state index in [0.29, 0.717) is 16.5 Å². The summed E-state index contributed by atoms with van der Waals surface area (Å²) < 4.78 is 29.8. The zero-order valence-corrected chi connectivity index (χ0v) is 13.9. The lowest BCUT2D eigenvalue weighted by Crippen LogP contribution is -2.31. The number of alkyl halides is 2. The Morgan fingerprint density at radius 2 is 2.00 bits per heavy atom. The Bertz CT molecular complexity index is 691. The van der Waals surface area contributed by atoms with Gasteiger partial charge in [-0.15, -0.1) is 10.2 Å². The van der Waals surface area contributed by atoms with Crippen LogP contribution < -0.4 is 15.9 Å². The lowest BCUT2D eigenvalue weighted by molar-refractivity contribution is -0.119. The largest absolute Gasteiger partial charge is 0.435 e. The van der Waals surface area contributed by atoms with E-state index in [1.807, 2.05) is 13.8 Å². The number of thioether (sulfide) groups is 1. The highest BCUT2D eigenvalue weighted by atomic mass is 32.2. The molecule has 2 rings (SSSR count). The number of hydrogen-bond donors (Lipinski definition) is 2. The van der Waals surface area contributed by atoms with Crippen molar-refractivity contribution in [3.63, 3.8) is 0 Å². The predicted octanol–water partition coefficient (Wildman–Crippen LogP) is 1.88. The minimum absolute atomic E-state index is 0.0387. The molecule has 1 aromatic heterocycles. The monoisotopic (exact) mass is 357 g/mol. The zero-order valence-electron chi connectivity index (χ0n) is 13.1. The molecule has 2 aromatic rings. The van der Waals surface area contributed by atoms with Gasteiger partial charge in [-0.2, -0.15) is 8.78 Å². The molecule has 3 N–H and O–H groups in total. The van der Waals surface area contributed by atoms with Crippen molar-refractivity contribution in [1.82, 2.24) is 20.2 Å². The first-order valence-electron chi connectivity index (χ1n) is 7.04. The van der Waals surface area contributed by atoms with Crippen LogP contribution in [0.25, 0.3) is 11.4 Å². The molecule has 0 aliphatic carbocycles. The van der Waals surface area contributed by atoms with Gasteiger partial charge < -0.3 is 15.9 Å². The Morgan fingerprint density at radius 3 is 2.58 bits per heavy atom. The average Bonchev–Trinajstić information content (AvgIpc) is 2.86. The summed E-state index contributed by atoms with van der Waals surface area (Å²) in [6, 6.07) is 5.92. The summed E-state index contributed by atoms with van der Waals surface area (Å²) in [4.78, 5) is 11.6. The van der Waals surface area contributed by atoms with Gasteiger partial charge in [-0.05, 0) is 38.1 Å². The fourth-order valence-electron chi connectivity index (χ4n) is 1.85.